The van der Waals surface area contributed by atoms with Crippen LogP contribution in [0.15, 0.2) is 29.1 Å². The van der Waals surface area contributed by atoms with Crippen molar-refractivity contribution in [1.82, 2.24) is 5.32 Å². The molecule has 0 saturated heterocycles. The second kappa shape index (κ2) is 6.88. The first-order valence-electron chi connectivity index (χ1n) is 4.45. The molecule has 0 fully saturated rings. The van der Waals surface area contributed by atoms with Gasteiger partial charge in [0.2, 0.25) is 0 Å². The number of nitrogens with one attached hydrogen (secondary N) is 1. The molecule has 4 nitrogen and oxygen atoms in total. The standard InChI is InChI=1S/C10H16N2O2/c1-4-6-12-10(14)8(3)9(13)7-11-5-2/h5,7,13H,2,4,6H2,1,3H3,(H,12,14)/b9-8-,11-7-. The molecule has 0 saturated carbocycles. The van der Waals surface area contributed by atoms with Crippen LogP contribution in [0.1, 0.15) is 20.3 Å². The number of carbonyl (C=O) groups is 1. The Balaban J connectivity index is 4.39. The smallest absolute Gasteiger partial charge is 0.250 e. The number of nitrogens with zero attached hydrogens (tertiary/aromatic N) is 1. The predicted octanol–water partition coefficient (Wildman–Crippen LogP) is 1.56. The zero-order valence-electron chi connectivity index (χ0n) is 8.58. The maximum atomic E-state index is 11.3. The number of hydrogen-bond acceptors (Lipinski definition) is 3. The van der Waals surface area contributed by atoms with Crippen LogP contribution in [0.4, 0.5) is 0 Å². The summed E-state index contributed by atoms with van der Waals surface area (Å²) in [4.78, 5) is 14.9. The highest BCUT2D eigenvalue weighted by atomic mass is 16.3. The van der Waals surface area contributed by atoms with Crippen LogP contribution in [0.5, 0.6) is 0 Å². The fraction of sp³-hybridized carbons (Fsp3) is 0.400. The van der Waals surface area contributed by atoms with E-state index in [0.717, 1.165) is 6.42 Å². The summed E-state index contributed by atoms with van der Waals surface area (Å²) in [7, 11) is 0. The van der Waals surface area contributed by atoms with E-state index in [1.165, 1.54) is 19.3 Å². The molecule has 14 heavy (non-hydrogen) atoms. The lowest BCUT2D eigenvalue weighted by molar-refractivity contribution is -0.117. The van der Waals surface area contributed by atoms with Gasteiger partial charge in [-0.1, -0.05) is 13.5 Å². The van der Waals surface area contributed by atoms with Gasteiger partial charge in [0, 0.05) is 12.7 Å². The molecule has 0 unspecified atom stereocenters. The molecular formula is C10H16N2O2. The van der Waals surface area contributed by atoms with Crippen molar-refractivity contribution < 1.29 is 9.90 Å². The van der Waals surface area contributed by atoms with Crippen LogP contribution in [-0.2, 0) is 4.79 Å². The number of aliphatic hydroxyl groups is 1. The topological polar surface area (TPSA) is 61.7 Å². The van der Waals surface area contributed by atoms with Gasteiger partial charge in [-0.25, -0.2) is 0 Å². The van der Waals surface area contributed by atoms with E-state index in [-0.39, 0.29) is 17.2 Å². The van der Waals surface area contributed by atoms with Gasteiger partial charge >= 0.3 is 0 Å². The van der Waals surface area contributed by atoms with Gasteiger partial charge in [0.25, 0.3) is 5.91 Å². The minimum atomic E-state index is -0.278. The second-order valence-electron chi connectivity index (χ2n) is 2.73. The zero-order valence-corrected chi connectivity index (χ0v) is 8.58. The highest BCUT2D eigenvalue weighted by molar-refractivity contribution is 5.98. The van der Waals surface area contributed by atoms with Gasteiger partial charge in [-0.3, -0.25) is 9.79 Å². The van der Waals surface area contributed by atoms with Crippen molar-refractivity contribution in [3.63, 3.8) is 0 Å². The van der Waals surface area contributed by atoms with Crippen molar-refractivity contribution in [2.24, 2.45) is 4.99 Å². The molecule has 0 rings (SSSR count). The summed E-state index contributed by atoms with van der Waals surface area (Å²) in [5.41, 5.74) is 0.254. The average molecular weight is 196 g/mol. The van der Waals surface area contributed by atoms with Crippen molar-refractivity contribution in [1.29, 1.82) is 0 Å². The molecule has 0 atom stereocenters. The fourth-order valence-electron chi connectivity index (χ4n) is 0.708. The summed E-state index contributed by atoms with van der Waals surface area (Å²) in [5, 5.41) is 12.0. The van der Waals surface area contributed by atoms with Crippen LogP contribution in [0.25, 0.3) is 0 Å². The Bertz CT molecular complexity index is 267. The van der Waals surface area contributed by atoms with Crippen molar-refractivity contribution in [3.8, 4) is 0 Å². The molecule has 2 N–H and O–H groups in total. The van der Waals surface area contributed by atoms with Crippen LogP contribution in [0.2, 0.25) is 0 Å². The van der Waals surface area contributed by atoms with Crippen molar-refractivity contribution in [2.45, 2.75) is 20.3 Å². The summed E-state index contributed by atoms with van der Waals surface area (Å²) < 4.78 is 0. The highest BCUT2D eigenvalue weighted by Crippen LogP contribution is 1.98. The van der Waals surface area contributed by atoms with E-state index in [1.807, 2.05) is 6.92 Å². The van der Waals surface area contributed by atoms with E-state index in [2.05, 4.69) is 16.9 Å². The molecule has 0 heterocycles. The van der Waals surface area contributed by atoms with Crippen molar-refractivity contribution >= 4 is 12.1 Å². The normalized spacial score (nSPS) is 12.4. The Labute approximate surface area is 84.0 Å². The van der Waals surface area contributed by atoms with E-state index in [0.29, 0.717) is 6.54 Å². The monoisotopic (exact) mass is 196 g/mol. The van der Waals surface area contributed by atoms with E-state index in [1.54, 1.807) is 0 Å². The third kappa shape index (κ3) is 4.45. The number of rotatable bonds is 5. The highest BCUT2D eigenvalue weighted by Gasteiger charge is 2.06. The van der Waals surface area contributed by atoms with Crippen LogP contribution in [-0.4, -0.2) is 23.8 Å². The second-order valence-corrected chi connectivity index (χ2v) is 2.73. The van der Waals surface area contributed by atoms with Crippen molar-refractivity contribution in [3.05, 3.63) is 24.1 Å². The number of carbonyl (C=O) groups excluding carboxylic acids is 1. The third-order valence-electron chi connectivity index (χ3n) is 1.56. The van der Waals surface area contributed by atoms with Gasteiger partial charge in [-0.05, 0) is 13.3 Å². The number of hydrogen-bond donors (Lipinski definition) is 2. The molecule has 0 spiro atoms. The summed E-state index contributed by atoms with van der Waals surface area (Å²) in [5.74, 6) is -0.418. The zero-order chi connectivity index (χ0) is 11.0. The van der Waals surface area contributed by atoms with Crippen LogP contribution >= 0.6 is 0 Å². The van der Waals surface area contributed by atoms with Gasteiger partial charge < -0.3 is 10.4 Å². The molecule has 1 amide bonds. The maximum absolute atomic E-state index is 11.3. The van der Waals surface area contributed by atoms with Gasteiger partial charge in [0.05, 0.1) is 11.8 Å². The van der Waals surface area contributed by atoms with E-state index >= 15 is 0 Å². The Kier molecular flexibility index (Phi) is 6.11. The number of aliphatic imine (C=N–C) groups is 1. The lowest BCUT2D eigenvalue weighted by atomic mass is 10.2. The van der Waals surface area contributed by atoms with E-state index in [9.17, 15) is 9.90 Å². The van der Waals surface area contributed by atoms with Crippen LogP contribution in [0, 0.1) is 0 Å². The number of allylic oxidation sites excluding steroid dienone is 1. The van der Waals surface area contributed by atoms with Crippen LogP contribution < -0.4 is 5.32 Å². The molecule has 0 aliphatic rings. The Hall–Kier alpha value is -1.58. The first-order valence-corrected chi connectivity index (χ1v) is 4.45. The lowest BCUT2D eigenvalue weighted by Gasteiger charge is -2.03. The number of aliphatic hydroxyl groups excluding tert-OH is 1. The van der Waals surface area contributed by atoms with E-state index in [4.69, 9.17) is 0 Å². The summed E-state index contributed by atoms with van der Waals surface area (Å²) in [6.07, 6.45) is 3.34. The summed E-state index contributed by atoms with van der Waals surface area (Å²) >= 11 is 0. The van der Waals surface area contributed by atoms with Crippen molar-refractivity contribution in [2.75, 3.05) is 6.54 Å². The van der Waals surface area contributed by atoms with Gasteiger partial charge in [-0.15, -0.1) is 0 Å². The first-order chi connectivity index (χ1) is 6.63. The Morgan fingerprint density at radius 3 is 2.79 bits per heavy atom. The quantitative estimate of drug-likeness (QED) is 0.398. The molecule has 0 aromatic heterocycles. The Morgan fingerprint density at radius 1 is 1.64 bits per heavy atom. The molecule has 0 radical (unpaired) electrons. The van der Waals surface area contributed by atoms with E-state index < -0.39 is 0 Å². The molecule has 0 aromatic carbocycles. The minimum absolute atomic E-state index is 0.140. The Morgan fingerprint density at radius 2 is 2.29 bits per heavy atom. The lowest BCUT2D eigenvalue weighted by Crippen LogP contribution is -2.25. The summed E-state index contributed by atoms with van der Waals surface area (Å²) in [6.45, 7) is 7.45. The molecular weight excluding hydrogens is 180 g/mol. The minimum Gasteiger partial charge on any atom is -0.506 e. The maximum Gasteiger partial charge on any atom is 0.250 e. The SMILES string of the molecule is C=C/N=C\C(O)=C(/C)C(=O)NCCC. The first kappa shape index (κ1) is 12.4. The molecule has 0 bridgehead atoms. The van der Waals surface area contributed by atoms with Crippen LogP contribution in [0.3, 0.4) is 0 Å². The largest absolute Gasteiger partial charge is 0.506 e. The molecule has 78 valence electrons. The fourth-order valence-corrected chi connectivity index (χ4v) is 0.708. The predicted molar refractivity (Wildman–Crippen MR) is 57.3 cm³/mol. The molecule has 0 aliphatic heterocycles. The summed E-state index contributed by atoms with van der Waals surface area (Å²) in [6, 6.07) is 0. The third-order valence-corrected chi connectivity index (χ3v) is 1.56. The molecule has 4 heteroatoms. The number of amides is 1. The molecule has 0 aromatic rings. The average Bonchev–Trinajstić information content (AvgIpc) is 2.21. The van der Waals surface area contributed by atoms with Gasteiger partial charge in [0.1, 0.15) is 5.76 Å². The molecule has 0 aliphatic carbocycles. The van der Waals surface area contributed by atoms with Gasteiger partial charge in [-0.2, -0.15) is 0 Å². The van der Waals surface area contributed by atoms with Gasteiger partial charge in [0.15, 0.2) is 0 Å².